The molecule has 1 heterocycles. The summed E-state index contributed by atoms with van der Waals surface area (Å²) >= 11 is 0. The number of carbonyl (C=O) groups excluding carboxylic acids is 2. The number of benzene rings is 1. The van der Waals surface area contributed by atoms with Gasteiger partial charge in [-0.2, -0.15) is 0 Å². The molecule has 1 aromatic carbocycles. The Kier molecular flexibility index (Phi) is 8.87. The predicted molar refractivity (Wildman–Crippen MR) is 115 cm³/mol. The van der Waals surface area contributed by atoms with E-state index in [1.165, 1.54) is 6.07 Å². The highest BCUT2D eigenvalue weighted by atomic mass is 19.2. The van der Waals surface area contributed by atoms with Crippen molar-refractivity contribution in [3.05, 3.63) is 59.3 Å². The number of nitrogen functional groups attached to an aromatic ring is 1. The molecule has 9 heteroatoms. The van der Waals surface area contributed by atoms with Crippen molar-refractivity contribution in [2.45, 2.75) is 45.3 Å². The molecule has 1 unspecified atom stereocenters. The normalized spacial score (nSPS) is 13.8. The zero-order chi connectivity index (χ0) is 23.0. The molecule has 0 spiro atoms. The molecule has 0 aliphatic rings. The first kappa shape index (κ1) is 24.2. The molecule has 2 aromatic rings. The number of nitrogens with zero attached hydrogens (tertiary/aromatic N) is 1. The molecule has 0 radical (unpaired) electrons. The number of nitrogens with one attached hydrogen (secondary N) is 3. The average molecular weight is 434 g/mol. The van der Waals surface area contributed by atoms with Gasteiger partial charge in [0.1, 0.15) is 11.9 Å². The van der Waals surface area contributed by atoms with Crippen LogP contribution in [0.15, 0.2) is 36.5 Å². The van der Waals surface area contributed by atoms with E-state index in [1.807, 2.05) is 13.8 Å². The average Bonchev–Trinajstić information content (AvgIpc) is 2.75. The van der Waals surface area contributed by atoms with Crippen molar-refractivity contribution in [2.24, 2.45) is 5.92 Å². The van der Waals surface area contributed by atoms with Gasteiger partial charge in [0, 0.05) is 19.2 Å². The Balaban J connectivity index is 2.16. The number of pyridine rings is 1. The molecule has 0 saturated heterocycles. The SMILES string of the molecule is CCC(C)[C@H](NC)C(=O)N[C@@H](Cc1ccc(F)c(F)c1)C(=O)NCc1ccc(N)nc1. The van der Waals surface area contributed by atoms with Gasteiger partial charge in [0.05, 0.1) is 6.04 Å². The van der Waals surface area contributed by atoms with Gasteiger partial charge in [0.15, 0.2) is 11.6 Å². The van der Waals surface area contributed by atoms with Gasteiger partial charge in [0.2, 0.25) is 11.8 Å². The molecule has 0 saturated carbocycles. The van der Waals surface area contributed by atoms with Crippen LogP contribution in [0.3, 0.4) is 0 Å². The Morgan fingerprint density at radius 3 is 2.39 bits per heavy atom. The van der Waals surface area contributed by atoms with Gasteiger partial charge in [-0.1, -0.05) is 32.4 Å². The summed E-state index contributed by atoms with van der Waals surface area (Å²) in [6.45, 7) is 4.07. The third kappa shape index (κ3) is 6.99. The molecular weight excluding hydrogens is 404 g/mol. The monoisotopic (exact) mass is 433 g/mol. The van der Waals surface area contributed by atoms with Crippen LogP contribution < -0.4 is 21.7 Å². The van der Waals surface area contributed by atoms with E-state index < -0.39 is 29.6 Å². The fourth-order valence-corrected chi connectivity index (χ4v) is 3.14. The van der Waals surface area contributed by atoms with E-state index in [2.05, 4.69) is 20.9 Å². The number of carbonyl (C=O) groups is 2. The van der Waals surface area contributed by atoms with Crippen molar-refractivity contribution in [2.75, 3.05) is 12.8 Å². The van der Waals surface area contributed by atoms with Crippen LogP contribution in [-0.4, -0.2) is 35.9 Å². The van der Waals surface area contributed by atoms with E-state index in [-0.39, 0.29) is 24.8 Å². The molecule has 0 aliphatic carbocycles. The van der Waals surface area contributed by atoms with Crippen LogP contribution in [0.2, 0.25) is 0 Å². The molecule has 2 rings (SSSR count). The fourth-order valence-electron chi connectivity index (χ4n) is 3.14. The maximum absolute atomic E-state index is 13.6. The van der Waals surface area contributed by atoms with Gasteiger partial charge in [-0.25, -0.2) is 13.8 Å². The van der Waals surface area contributed by atoms with Gasteiger partial charge in [-0.15, -0.1) is 0 Å². The molecule has 168 valence electrons. The maximum Gasteiger partial charge on any atom is 0.243 e. The van der Waals surface area contributed by atoms with E-state index in [0.29, 0.717) is 11.4 Å². The van der Waals surface area contributed by atoms with Gasteiger partial charge in [-0.3, -0.25) is 9.59 Å². The van der Waals surface area contributed by atoms with Crippen molar-refractivity contribution in [1.29, 1.82) is 0 Å². The Labute approximate surface area is 180 Å². The van der Waals surface area contributed by atoms with Crippen LogP contribution in [0.4, 0.5) is 14.6 Å². The number of rotatable bonds is 10. The van der Waals surface area contributed by atoms with Gasteiger partial charge in [0.25, 0.3) is 0 Å². The Morgan fingerprint density at radius 1 is 1.10 bits per heavy atom. The minimum Gasteiger partial charge on any atom is -0.384 e. The van der Waals surface area contributed by atoms with Gasteiger partial charge < -0.3 is 21.7 Å². The third-order valence-electron chi connectivity index (χ3n) is 5.18. The van der Waals surface area contributed by atoms with Crippen molar-refractivity contribution < 1.29 is 18.4 Å². The Hall–Kier alpha value is -3.07. The first-order valence-corrected chi connectivity index (χ1v) is 10.1. The molecular formula is C22H29F2N5O2. The summed E-state index contributed by atoms with van der Waals surface area (Å²) in [6.07, 6.45) is 2.31. The topological polar surface area (TPSA) is 109 Å². The second-order valence-corrected chi connectivity index (χ2v) is 7.47. The van der Waals surface area contributed by atoms with Gasteiger partial charge >= 0.3 is 0 Å². The summed E-state index contributed by atoms with van der Waals surface area (Å²) in [5, 5.41) is 8.46. The minimum absolute atomic E-state index is 0.00566. The first-order valence-electron chi connectivity index (χ1n) is 10.1. The molecule has 2 amide bonds. The summed E-state index contributed by atoms with van der Waals surface area (Å²) in [6, 6.07) is 5.29. The number of aromatic nitrogens is 1. The quantitative estimate of drug-likeness (QED) is 0.458. The van der Waals surface area contributed by atoms with E-state index in [4.69, 9.17) is 5.73 Å². The Morgan fingerprint density at radius 2 is 1.81 bits per heavy atom. The Bertz CT molecular complexity index is 892. The highest BCUT2D eigenvalue weighted by Crippen LogP contribution is 2.13. The second kappa shape index (κ2) is 11.4. The lowest BCUT2D eigenvalue weighted by Gasteiger charge is -2.25. The maximum atomic E-state index is 13.6. The number of hydrogen-bond acceptors (Lipinski definition) is 5. The number of likely N-dealkylation sites (N-methyl/N-ethyl adjacent to an activating group) is 1. The predicted octanol–water partition coefficient (Wildman–Crippen LogP) is 1.92. The number of nitrogens with two attached hydrogens (primary N) is 1. The molecule has 31 heavy (non-hydrogen) atoms. The van der Waals surface area contributed by atoms with Crippen molar-refractivity contribution in [1.82, 2.24) is 20.9 Å². The van der Waals surface area contributed by atoms with Crippen LogP contribution >= 0.6 is 0 Å². The van der Waals surface area contributed by atoms with Crippen molar-refractivity contribution in [3.63, 3.8) is 0 Å². The summed E-state index contributed by atoms with van der Waals surface area (Å²) in [5.74, 6) is -2.37. The summed E-state index contributed by atoms with van der Waals surface area (Å²) in [4.78, 5) is 29.6. The lowest BCUT2D eigenvalue weighted by Crippen LogP contribution is -2.54. The van der Waals surface area contributed by atoms with E-state index in [0.717, 1.165) is 24.1 Å². The molecule has 1 aromatic heterocycles. The van der Waals surface area contributed by atoms with Crippen LogP contribution in [0.5, 0.6) is 0 Å². The van der Waals surface area contributed by atoms with E-state index in [9.17, 15) is 18.4 Å². The zero-order valence-electron chi connectivity index (χ0n) is 17.9. The lowest BCUT2D eigenvalue weighted by atomic mass is 9.97. The van der Waals surface area contributed by atoms with Gasteiger partial charge in [-0.05, 0) is 42.3 Å². The highest BCUT2D eigenvalue weighted by molar-refractivity contribution is 5.90. The number of anilines is 1. The first-order chi connectivity index (χ1) is 14.7. The molecule has 0 bridgehead atoms. The minimum atomic E-state index is -1.01. The standard InChI is InChI=1S/C22H29F2N5O2/c1-4-13(2)20(26-3)22(31)29-18(10-14-5-7-16(23)17(24)9-14)21(30)28-12-15-6-8-19(25)27-11-15/h5-9,11,13,18,20,26H,4,10,12H2,1-3H3,(H2,25,27)(H,28,30)(H,29,31)/t13?,18-,20-/m0/s1. The second-order valence-electron chi connectivity index (χ2n) is 7.47. The molecule has 3 atom stereocenters. The zero-order valence-corrected chi connectivity index (χ0v) is 17.9. The van der Waals surface area contributed by atoms with Crippen molar-refractivity contribution in [3.8, 4) is 0 Å². The van der Waals surface area contributed by atoms with Crippen LogP contribution in [-0.2, 0) is 22.6 Å². The molecule has 0 aliphatic heterocycles. The fraction of sp³-hybridized carbons (Fsp3) is 0.409. The number of halogens is 2. The molecule has 0 fully saturated rings. The number of hydrogen-bond donors (Lipinski definition) is 4. The molecule has 7 nitrogen and oxygen atoms in total. The third-order valence-corrected chi connectivity index (χ3v) is 5.18. The highest BCUT2D eigenvalue weighted by Gasteiger charge is 2.28. The van der Waals surface area contributed by atoms with E-state index >= 15 is 0 Å². The smallest absolute Gasteiger partial charge is 0.243 e. The van der Waals surface area contributed by atoms with Crippen molar-refractivity contribution >= 4 is 17.6 Å². The summed E-state index contributed by atoms with van der Waals surface area (Å²) in [5.41, 5.74) is 6.68. The lowest BCUT2D eigenvalue weighted by molar-refractivity contribution is -0.130. The molecule has 5 N–H and O–H groups in total. The summed E-state index contributed by atoms with van der Waals surface area (Å²) in [7, 11) is 1.68. The van der Waals surface area contributed by atoms with Crippen LogP contribution in [0.25, 0.3) is 0 Å². The number of amides is 2. The van der Waals surface area contributed by atoms with Crippen LogP contribution in [0, 0.1) is 17.6 Å². The van der Waals surface area contributed by atoms with E-state index in [1.54, 1.807) is 25.4 Å². The largest absolute Gasteiger partial charge is 0.384 e. The van der Waals surface area contributed by atoms with Crippen LogP contribution in [0.1, 0.15) is 31.4 Å². The summed E-state index contributed by atoms with van der Waals surface area (Å²) < 4.78 is 26.9.